The number of hydrogen-bond donors (Lipinski definition) is 2. The zero-order valence-electron chi connectivity index (χ0n) is 15.7. The molecule has 1 heterocycles. The first-order valence-electron chi connectivity index (χ1n) is 8.99. The van der Waals surface area contributed by atoms with Gasteiger partial charge in [-0.05, 0) is 43.2 Å². The van der Waals surface area contributed by atoms with Crippen LogP contribution in [0.15, 0.2) is 42.5 Å². The third kappa shape index (κ3) is 4.12. The summed E-state index contributed by atoms with van der Waals surface area (Å²) in [6.07, 6.45) is -2.14. The van der Waals surface area contributed by atoms with E-state index in [0.29, 0.717) is 40.6 Å². The van der Waals surface area contributed by atoms with Gasteiger partial charge >= 0.3 is 12.2 Å². The van der Waals surface area contributed by atoms with Gasteiger partial charge in [0, 0.05) is 25.2 Å². The van der Waals surface area contributed by atoms with E-state index in [-0.39, 0.29) is 12.5 Å². The predicted molar refractivity (Wildman–Crippen MR) is 110 cm³/mol. The van der Waals surface area contributed by atoms with Crippen molar-refractivity contribution in [2.75, 3.05) is 29.9 Å². The molecule has 0 unspecified atom stereocenters. The molecule has 0 fully saturated rings. The molecule has 0 saturated carbocycles. The molecular weight excluding hydrogens is 398 g/mol. The topological polar surface area (TPSA) is 101 Å². The van der Waals surface area contributed by atoms with Crippen LogP contribution in [0.5, 0.6) is 0 Å². The number of fused-ring (bicyclic) bond motifs is 2. The maximum atomic E-state index is 12.9. The van der Waals surface area contributed by atoms with Gasteiger partial charge in [0.2, 0.25) is 0 Å². The minimum atomic E-state index is -1.50. The lowest BCUT2D eigenvalue weighted by Gasteiger charge is -2.27. The standard InChI is InChI=1S/C20H20ClN3O5/c1-22-15-6-2-3-7-16(15)23(10-4-5-11-24(19(26)27)20(28)29)17-12-13(21)8-9-14(17)18(22)25/h2-3,6-9,12H,4-5,10-11H2,1H3,(H,26,27)(H,28,29). The number of halogens is 1. The van der Waals surface area contributed by atoms with Crippen molar-refractivity contribution < 1.29 is 24.6 Å². The number of nitrogens with zero attached hydrogens (tertiary/aromatic N) is 3. The molecule has 8 nitrogen and oxygen atoms in total. The molecule has 9 heteroatoms. The van der Waals surface area contributed by atoms with Gasteiger partial charge in [0.1, 0.15) is 0 Å². The summed E-state index contributed by atoms with van der Waals surface area (Å²) in [5.74, 6) is -0.158. The third-order valence-electron chi connectivity index (χ3n) is 4.79. The van der Waals surface area contributed by atoms with Gasteiger partial charge in [-0.1, -0.05) is 23.7 Å². The fourth-order valence-corrected chi connectivity index (χ4v) is 3.53. The summed E-state index contributed by atoms with van der Waals surface area (Å²) in [7, 11) is 1.71. The number of unbranched alkanes of at least 4 members (excludes halogenated alkanes) is 1. The second-order valence-electron chi connectivity index (χ2n) is 6.59. The monoisotopic (exact) mass is 417 g/mol. The molecule has 2 N–H and O–H groups in total. The molecule has 0 aromatic heterocycles. The van der Waals surface area contributed by atoms with Gasteiger partial charge in [-0.25, -0.2) is 14.5 Å². The fourth-order valence-electron chi connectivity index (χ4n) is 3.36. The van der Waals surface area contributed by atoms with Gasteiger partial charge in [-0.2, -0.15) is 0 Å². The van der Waals surface area contributed by atoms with Crippen molar-refractivity contribution >= 4 is 46.8 Å². The van der Waals surface area contributed by atoms with Gasteiger partial charge in [0.05, 0.1) is 22.6 Å². The van der Waals surface area contributed by atoms with Crippen LogP contribution in [0.2, 0.25) is 5.02 Å². The van der Waals surface area contributed by atoms with E-state index in [1.165, 1.54) is 0 Å². The van der Waals surface area contributed by atoms with Gasteiger partial charge in [-0.3, -0.25) is 4.79 Å². The van der Waals surface area contributed by atoms with E-state index in [4.69, 9.17) is 21.8 Å². The van der Waals surface area contributed by atoms with Crippen molar-refractivity contribution in [2.45, 2.75) is 12.8 Å². The Morgan fingerprint density at radius 1 is 1.00 bits per heavy atom. The number of benzene rings is 2. The summed E-state index contributed by atoms with van der Waals surface area (Å²) < 4.78 is 0. The van der Waals surface area contributed by atoms with Crippen LogP contribution < -0.4 is 9.80 Å². The molecule has 0 bridgehead atoms. The Hall–Kier alpha value is -3.26. The lowest BCUT2D eigenvalue weighted by molar-refractivity contribution is 0.0993. The minimum absolute atomic E-state index is 0.124. The van der Waals surface area contributed by atoms with Gasteiger partial charge in [0.15, 0.2) is 0 Å². The first-order valence-corrected chi connectivity index (χ1v) is 9.36. The number of hydrogen-bond acceptors (Lipinski definition) is 4. The molecule has 3 rings (SSSR count). The van der Waals surface area contributed by atoms with E-state index in [2.05, 4.69) is 0 Å². The summed E-state index contributed by atoms with van der Waals surface area (Å²) in [6.45, 7) is 0.333. The molecule has 152 valence electrons. The maximum Gasteiger partial charge on any atom is 0.416 e. The lowest BCUT2D eigenvalue weighted by Crippen LogP contribution is -2.35. The normalized spacial score (nSPS) is 12.8. The molecule has 0 saturated heterocycles. The number of rotatable bonds is 5. The number of carbonyl (C=O) groups excluding carboxylic acids is 1. The van der Waals surface area contributed by atoms with Crippen molar-refractivity contribution in [2.24, 2.45) is 0 Å². The molecule has 0 radical (unpaired) electrons. The van der Waals surface area contributed by atoms with Gasteiger partial charge in [0.25, 0.3) is 5.91 Å². The Kier molecular flexibility index (Phi) is 5.93. The quantitative estimate of drug-likeness (QED) is 0.694. The highest BCUT2D eigenvalue weighted by Crippen LogP contribution is 2.41. The Labute approximate surface area is 172 Å². The third-order valence-corrected chi connectivity index (χ3v) is 5.03. The first kappa shape index (κ1) is 20.5. The molecule has 0 spiro atoms. The lowest BCUT2D eigenvalue weighted by atomic mass is 10.1. The largest absolute Gasteiger partial charge is 0.465 e. The van der Waals surface area contributed by atoms with Crippen molar-refractivity contribution in [1.82, 2.24) is 4.90 Å². The van der Waals surface area contributed by atoms with Gasteiger partial charge < -0.3 is 20.0 Å². The van der Waals surface area contributed by atoms with Crippen LogP contribution in [0.3, 0.4) is 0 Å². The summed E-state index contributed by atoms with van der Waals surface area (Å²) in [6, 6.07) is 12.5. The molecule has 2 aromatic carbocycles. The number of amides is 3. The van der Waals surface area contributed by atoms with Crippen molar-refractivity contribution in [1.29, 1.82) is 0 Å². The van der Waals surface area contributed by atoms with E-state index in [1.54, 1.807) is 30.1 Å². The zero-order valence-corrected chi connectivity index (χ0v) is 16.5. The van der Waals surface area contributed by atoms with Crippen LogP contribution in [-0.2, 0) is 0 Å². The second kappa shape index (κ2) is 8.40. The van der Waals surface area contributed by atoms with Crippen LogP contribution in [0.1, 0.15) is 23.2 Å². The van der Waals surface area contributed by atoms with Crippen LogP contribution >= 0.6 is 11.6 Å². The predicted octanol–water partition coefficient (Wildman–Crippen LogP) is 4.51. The molecular formula is C20H20ClN3O5. The Bertz CT molecular complexity index is 951. The Morgan fingerprint density at radius 2 is 1.66 bits per heavy atom. The summed E-state index contributed by atoms with van der Waals surface area (Å²) >= 11 is 6.19. The second-order valence-corrected chi connectivity index (χ2v) is 7.03. The average Bonchev–Trinajstić information content (AvgIpc) is 2.76. The smallest absolute Gasteiger partial charge is 0.416 e. The minimum Gasteiger partial charge on any atom is -0.465 e. The number of imide groups is 1. The summed E-state index contributed by atoms with van der Waals surface area (Å²) in [5.41, 5.74) is 2.72. The van der Waals surface area contributed by atoms with Crippen molar-refractivity contribution in [3.05, 3.63) is 53.1 Å². The Morgan fingerprint density at radius 3 is 2.31 bits per heavy atom. The molecule has 0 aliphatic carbocycles. The van der Waals surface area contributed by atoms with Crippen LogP contribution in [0.4, 0.5) is 26.7 Å². The maximum absolute atomic E-state index is 12.9. The number of para-hydroxylation sites is 2. The van der Waals surface area contributed by atoms with E-state index < -0.39 is 12.2 Å². The van der Waals surface area contributed by atoms with Crippen LogP contribution in [0, 0.1) is 0 Å². The fraction of sp³-hybridized carbons (Fsp3) is 0.250. The van der Waals surface area contributed by atoms with Gasteiger partial charge in [-0.15, -0.1) is 0 Å². The average molecular weight is 418 g/mol. The Balaban J connectivity index is 1.89. The summed E-state index contributed by atoms with van der Waals surface area (Å²) in [5, 5.41) is 18.4. The zero-order chi connectivity index (χ0) is 21.1. The van der Waals surface area contributed by atoms with E-state index in [0.717, 1.165) is 11.4 Å². The summed E-state index contributed by atoms with van der Waals surface area (Å²) in [4.78, 5) is 38.8. The highest BCUT2D eigenvalue weighted by atomic mass is 35.5. The number of anilines is 3. The molecule has 29 heavy (non-hydrogen) atoms. The molecule has 1 aliphatic heterocycles. The first-order chi connectivity index (χ1) is 13.8. The van der Waals surface area contributed by atoms with E-state index in [9.17, 15) is 14.4 Å². The molecule has 1 aliphatic rings. The number of carbonyl (C=O) groups is 3. The SMILES string of the molecule is CN1C(=O)c2ccc(Cl)cc2N(CCCCN(C(=O)O)C(=O)O)c2ccccc21. The highest BCUT2D eigenvalue weighted by Gasteiger charge is 2.29. The molecule has 0 atom stereocenters. The molecule has 2 aromatic rings. The van der Waals surface area contributed by atoms with E-state index in [1.807, 2.05) is 29.2 Å². The van der Waals surface area contributed by atoms with Crippen molar-refractivity contribution in [3.8, 4) is 0 Å². The van der Waals surface area contributed by atoms with Crippen molar-refractivity contribution in [3.63, 3.8) is 0 Å². The molecule has 3 amide bonds. The number of carboxylic acid groups (broad SMARTS) is 2. The van der Waals surface area contributed by atoms with Crippen LogP contribution in [-0.4, -0.2) is 53.3 Å². The van der Waals surface area contributed by atoms with E-state index >= 15 is 0 Å². The highest BCUT2D eigenvalue weighted by molar-refractivity contribution is 6.31. The van der Waals surface area contributed by atoms with Crippen LogP contribution in [0.25, 0.3) is 0 Å².